The summed E-state index contributed by atoms with van der Waals surface area (Å²) in [5, 5.41) is 6.80. The van der Waals surface area contributed by atoms with E-state index >= 15 is 0 Å². The van der Waals surface area contributed by atoms with Gasteiger partial charge >= 0.3 is 0 Å². The highest BCUT2D eigenvalue weighted by Crippen LogP contribution is 2.16. The molecule has 1 aliphatic heterocycles. The molecule has 0 aliphatic carbocycles. The van der Waals surface area contributed by atoms with Crippen LogP contribution < -0.4 is 5.32 Å². The van der Waals surface area contributed by atoms with Gasteiger partial charge in [-0.1, -0.05) is 13.8 Å². The third kappa shape index (κ3) is 4.84. The third-order valence-electron chi connectivity index (χ3n) is 3.37. The van der Waals surface area contributed by atoms with Gasteiger partial charge in [0.2, 0.25) is 0 Å². The van der Waals surface area contributed by atoms with Crippen molar-refractivity contribution in [3.05, 3.63) is 16.1 Å². The van der Waals surface area contributed by atoms with Crippen LogP contribution in [0.3, 0.4) is 0 Å². The van der Waals surface area contributed by atoms with E-state index in [4.69, 9.17) is 9.72 Å². The van der Waals surface area contributed by atoms with Gasteiger partial charge in [-0.05, 0) is 25.9 Å². The fraction of sp³-hybridized carbons (Fsp3) is 0.786. The van der Waals surface area contributed by atoms with Gasteiger partial charge in [0.1, 0.15) is 5.01 Å². The minimum Gasteiger partial charge on any atom is -0.380 e. The number of likely N-dealkylation sites (N-methyl/N-ethyl adjacent to an activating group) is 1. The van der Waals surface area contributed by atoms with Crippen LogP contribution in [0.15, 0.2) is 5.38 Å². The van der Waals surface area contributed by atoms with Crippen LogP contribution in [0, 0.1) is 5.92 Å². The van der Waals surface area contributed by atoms with E-state index in [9.17, 15) is 0 Å². The molecule has 2 heterocycles. The Morgan fingerprint density at radius 3 is 3.11 bits per heavy atom. The standard InChI is InChI=1S/C14H25N3OS/c1-11(2)6-15-7-14-16-12(10-19-14)8-17(3)13-4-5-18-9-13/h10-11,13,15H,4-9H2,1-3H3. The van der Waals surface area contributed by atoms with E-state index in [2.05, 4.69) is 36.5 Å². The van der Waals surface area contributed by atoms with Gasteiger partial charge in [0.25, 0.3) is 0 Å². The smallest absolute Gasteiger partial charge is 0.107 e. The van der Waals surface area contributed by atoms with Gasteiger partial charge in [0.05, 0.1) is 12.3 Å². The summed E-state index contributed by atoms with van der Waals surface area (Å²) in [7, 11) is 2.16. The fourth-order valence-corrected chi connectivity index (χ4v) is 2.98. The highest BCUT2D eigenvalue weighted by atomic mass is 32.1. The Bertz CT molecular complexity index is 375. The monoisotopic (exact) mass is 283 g/mol. The second-order valence-corrected chi connectivity index (χ2v) is 6.63. The molecule has 0 bridgehead atoms. The summed E-state index contributed by atoms with van der Waals surface area (Å²) in [6.45, 7) is 9.07. The molecule has 1 aromatic rings. The number of hydrogen-bond donors (Lipinski definition) is 1. The number of thiazole rings is 1. The number of rotatable bonds is 7. The van der Waals surface area contributed by atoms with Gasteiger partial charge in [-0.25, -0.2) is 4.98 Å². The molecule has 1 unspecified atom stereocenters. The lowest BCUT2D eigenvalue weighted by Crippen LogP contribution is -2.31. The van der Waals surface area contributed by atoms with Gasteiger partial charge in [-0.15, -0.1) is 11.3 Å². The van der Waals surface area contributed by atoms with Crippen molar-refractivity contribution >= 4 is 11.3 Å². The molecule has 19 heavy (non-hydrogen) atoms. The highest BCUT2D eigenvalue weighted by Gasteiger charge is 2.20. The Morgan fingerprint density at radius 2 is 2.42 bits per heavy atom. The van der Waals surface area contributed by atoms with Gasteiger partial charge < -0.3 is 10.1 Å². The first-order chi connectivity index (χ1) is 9.15. The molecule has 108 valence electrons. The molecule has 0 spiro atoms. The first-order valence-corrected chi connectivity index (χ1v) is 7.95. The molecule has 4 nitrogen and oxygen atoms in total. The van der Waals surface area contributed by atoms with E-state index in [1.165, 1.54) is 10.7 Å². The fourth-order valence-electron chi connectivity index (χ4n) is 2.22. The maximum absolute atomic E-state index is 5.43. The van der Waals surface area contributed by atoms with E-state index < -0.39 is 0 Å². The summed E-state index contributed by atoms with van der Waals surface area (Å²) in [6, 6.07) is 0.559. The molecular formula is C14H25N3OS. The van der Waals surface area contributed by atoms with Crippen LogP contribution in [-0.4, -0.2) is 42.7 Å². The summed E-state index contributed by atoms with van der Waals surface area (Å²) < 4.78 is 5.43. The Kier molecular flexibility index (Phi) is 5.76. The Balaban J connectivity index is 1.76. The van der Waals surface area contributed by atoms with Crippen molar-refractivity contribution in [3.8, 4) is 0 Å². The van der Waals surface area contributed by atoms with Crippen LogP contribution in [-0.2, 0) is 17.8 Å². The summed E-state index contributed by atoms with van der Waals surface area (Å²) in [5.74, 6) is 0.688. The molecule has 1 aliphatic rings. The van der Waals surface area contributed by atoms with Crippen molar-refractivity contribution in [2.24, 2.45) is 5.92 Å². The number of ether oxygens (including phenoxy) is 1. The van der Waals surface area contributed by atoms with Crippen LogP contribution in [0.4, 0.5) is 0 Å². The van der Waals surface area contributed by atoms with Crippen LogP contribution >= 0.6 is 11.3 Å². The zero-order valence-electron chi connectivity index (χ0n) is 12.2. The third-order valence-corrected chi connectivity index (χ3v) is 4.27. The van der Waals surface area contributed by atoms with Crippen molar-refractivity contribution in [3.63, 3.8) is 0 Å². The van der Waals surface area contributed by atoms with E-state index in [1.54, 1.807) is 11.3 Å². The van der Waals surface area contributed by atoms with Crippen molar-refractivity contribution in [1.29, 1.82) is 0 Å². The zero-order chi connectivity index (χ0) is 13.7. The number of nitrogens with one attached hydrogen (secondary N) is 1. The second-order valence-electron chi connectivity index (χ2n) is 5.69. The summed E-state index contributed by atoms with van der Waals surface area (Å²) in [5.41, 5.74) is 1.18. The normalized spacial score (nSPS) is 19.7. The maximum Gasteiger partial charge on any atom is 0.107 e. The molecule has 1 fully saturated rings. The predicted octanol–water partition coefficient (Wildman–Crippen LogP) is 2.11. The van der Waals surface area contributed by atoms with Crippen molar-refractivity contribution in [2.45, 2.75) is 39.4 Å². The maximum atomic E-state index is 5.43. The van der Waals surface area contributed by atoms with Crippen molar-refractivity contribution in [2.75, 3.05) is 26.8 Å². The average molecular weight is 283 g/mol. The predicted molar refractivity (Wildman–Crippen MR) is 79.3 cm³/mol. The zero-order valence-corrected chi connectivity index (χ0v) is 13.0. The Hall–Kier alpha value is -0.490. The molecule has 1 atom stereocenters. The molecule has 0 aromatic carbocycles. The second kappa shape index (κ2) is 7.33. The number of hydrogen-bond acceptors (Lipinski definition) is 5. The minimum atomic E-state index is 0.559. The topological polar surface area (TPSA) is 37.4 Å². The molecular weight excluding hydrogens is 258 g/mol. The van der Waals surface area contributed by atoms with Crippen molar-refractivity contribution in [1.82, 2.24) is 15.2 Å². The van der Waals surface area contributed by atoms with Crippen LogP contribution in [0.1, 0.15) is 31.0 Å². The summed E-state index contributed by atoms with van der Waals surface area (Å²) in [6.07, 6.45) is 1.14. The van der Waals surface area contributed by atoms with E-state index in [-0.39, 0.29) is 0 Å². The molecule has 0 amide bonds. The molecule has 2 rings (SSSR count). The molecule has 0 radical (unpaired) electrons. The number of aromatic nitrogens is 1. The largest absolute Gasteiger partial charge is 0.380 e. The lowest BCUT2D eigenvalue weighted by Gasteiger charge is -2.21. The average Bonchev–Trinajstić information content (AvgIpc) is 2.99. The van der Waals surface area contributed by atoms with Crippen molar-refractivity contribution < 1.29 is 4.74 Å². The van der Waals surface area contributed by atoms with E-state index in [1.807, 2.05) is 0 Å². The van der Waals surface area contributed by atoms with E-state index in [0.29, 0.717) is 12.0 Å². The minimum absolute atomic E-state index is 0.559. The van der Waals surface area contributed by atoms with Gasteiger partial charge in [-0.3, -0.25) is 4.90 Å². The van der Waals surface area contributed by atoms with Gasteiger partial charge in [-0.2, -0.15) is 0 Å². The molecule has 5 heteroatoms. The Morgan fingerprint density at radius 1 is 1.58 bits per heavy atom. The molecule has 1 N–H and O–H groups in total. The quantitative estimate of drug-likeness (QED) is 0.831. The number of nitrogens with zero attached hydrogens (tertiary/aromatic N) is 2. The van der Waals surface area contributed by atoms with Gasteiger partial charge in [0, 0.05) is 31.1 Å². The first kappa shape index (κ1) is 14.9. The molecule has 1 aromatic heterocycles. The lowest BCUT2D eigenvalue weighted by molar-refractivity contribution is 0.156. The molecule has 1 saturated heterocycles. The van der Waals surface area contributed by atoms with Crippen LogP contribution in [0.2, 0.25) is 0 Å². The van der Waals surface area contributed by atoms with Crippen LogP contribution in [0.25, 0.3) is 0 Å². The van der Waals surface area contributed by atoms with Gasteiger partial charge in [0.15, 0.2) is 0 Å². The lowest BCUT2D eigenvalue weighted by atomic mass is 10.2. The molecule has 0 saturated carbocycles. The summed E-state index contributed by atoms with van der Waals surface area (Å²) >= 11 is 1.75. The van der Waals surface area contributed by atoms with E-state index in [0.717, 1.165) is 39.3 Å². The summed E-state index contributed by atoms with van der Waals surface area (Å²) in [4.78, 5) is 7.05. The Labute approximate surface area is 120 Å². The van der Waals surface area contributed by atoms with Crippen LogP contribution in [0.5, 0.6) is 0 Å². The first-order valence-electron chi connectivity index (χ1n) is 7.07. The highest BCUT2D eigenvalue weighted by molar-refractivity contribution is 7.09. The SMILES string of the molecule is CC(C)CNCc1nc(CN(C)C2CCOC2)cs1.